The minimum Gasteiger partial charge on any atom is -0.381 e. The Labute approximate surface area is 117 Å². The van der Waals surface area contributed by atoms with E-state index >= 15 is 0 Å². The van der Waals surface area contributed by atoms with Crippen LogP contribution in [0.3, 0.4) is 0 Å². The predicted octanol–water partition coefficient (Wildman–Crippen LogP) is 2.54. The van der Waals surface area contributed by atoms with Gasteiger partial charge in [0, 0.05) is 24.2 Å². The van der Waals surface area contributed by atoms with Crippen molar-refractivity contribution in [1.82, 2.24) is 4.72 Å². The van der Waals surface area contributed by atoms with Gasteiger partial charge in [0.1, 0.15) is 0 Å². The van der Waals surface area contributed by atoms with E-state index in [0.29, 0.717) is 19.6 Å². The summed E-state index contributed by atoms with van der Waals surface area (Å²) in [6, 6.07) is 6.55. The smallest absolute Gasteiger partial charge is 0.240 e. The van der Waals surface area contributed by atoms with Crippen molar-refractivity contribution in [2.24, 2.45) is 0 Å². The van der Waals surface area contributed by atoms with E-state index in [1.54, 1.807) is 24.3 Å². The van der Waals surface area contributed by atoms with E-state index in [9.17, 15) is 8.42 Å². The highest BCUT2D eigenvalue weighted by Crippen LogP contribution is 2.14. The van der Waals surface area contributed by atoms with Crippen LogP contribution >= 0.6 is 15.9 Å². The van der Waals surface area contributed by atoms with E-state index in [-0.39, 0.29) is 4.90 Å². The minimum atomic E-state index is -3.40. The van der Waals surface area contributed by atoms with Crippen molar-refractivity contribution in [2.45, 2.75) is 24.7 Å². The molecule has 1 rings (SSSR count). The Morgan fingerprint density at radius 1 is 1.22 bits per heavy atom. The number of halogens is 1. The van der Waals surface area contributed by atoms with Gasteiger partial charge in [-0.05, 0) is 37.1 Å². The summed E-state index contributed by atoms with van der Waals surface area (Å²) in [6.07, 6.45) is 1.65. The molecule has 0 amide bonds. The zero-order valence-electron chi connectivity index (χ0n) is 10.4. The molecule has 0 atom stereocenters. The van der Waals surface area contributed by atoms with Gasteiger partial charge in [-0.15, -0.1) is 0 Å². The van der Waals surface area contributed by atoms with E-state index in [4.69, 9.17) is 4.74 Å². The first kappa shape index (κ1) is 15.6. The molecular formula is C12H18BrNO3S. The third kappa shape index (κ3) is 5.48. The molecule has 6 heteroatoms. The zero-order valence-corrected chi connectivity index (χ0v) is 12.8. The summed E-state index contributed by atoms with van der Waals surface area (Å²) in [4.78, 5) is 0.278. The first-order valence-electron chi connectivity index (χ1n) is 5.89. The molecule has 0 bridgehead atoms. The molecule has 18 heavy (non-hydrogen) atoms. The molecule has 0 aliphatic rings. The molecule has 4 nitrogen and oxygen atoms in total. The quantitative estimate of drug-likeness (QED) is 0.743. The van der Waals surface area contributed by atoms with Crippen LogP contribution in [0, 0.1) is 0 Å². The largest absolute Gasteiger partial charge is 0.381 e. The fourth-order valence-corrected chi connectivity index (χ4v) is 2.66. The Bertz CT molecular complexity index is 445. The van der Waals surface area contributed by atoms with Gasteiger partial charge in [-0.25, -0.2) is 13.1 Å². The van der Waals surface area contributed by atoms with E-state index < -0.39 is 10.0 Å². The number of ether oxygens (including phenoxy) is 1. The van der Waals surface area contributed by atoms with Gasteiger partial charge in [0.25, 0.3) is 0 Å². The highest BCUT2D eigenvalue weighted by Gasteiger charge is 2.12. The second-order valence-electron chi connectivity index (χ2n) is 3.82. The third-order valence-corrected chi connectivity index (χ3v) is 4.24. The Balaban J connectivity index is 2.38. The van der Waals surface area contributed by atoms with Crippen LogP contribution in [0.5, 0.6) is 0 Å². The van der Waals surface area contributed by atoms with Crippen molar-refractivity contribution in [2.75, 3.05) is 19.8 Å². The molecule has 0 radical (unpaired) electrons. The van der Waals surface area contributed by atoms with Crippen molar-refractivity contribution in [3.8, 4) is 0 Å². The molecule has 0 fully saturated rings. The van der Waals surface area contributed by atoms with Crippen molar-refractivity contribution in [3.63, 3.8) is 0 Å². The number of rotatable bonds is 8. The van der Waals surface area contributed by atoms with Gasteiger partial charge in [0.15, 0.2) is 0 Å². The van der Waals surface area contributed by atoms with Crippen LogP contribution in [-0.4, -0.2) is 28.2 Å². The number of hydrogen-bond acceptors (Lipinski definition) is 3. The first-order chi connectivity index (χ1) is 8.56. The molecule has 0 aliphatic heterocycles. The molecule has 1 aromatic rings. The van der Waals surface area contributed by atoms with Crippen LogP contribution in [0.15, 0.2) is 33.6 Å². The minimum absolute atomic E-state index is 0.278. The topological polar surface area (TPSA) is 55.4 Å². The van der Waals surface area contributed by atoms with Gasteiger partial charge in [-0.1, -0.05) is 22.9 Å². The molecule has 0 aromatic heterocycles. The van der Waals surface area contributed by atoms with Crippen molar-refractivity contribution < 1.29 is 13.2 Å². The molecular weight excluding hydrogens is 318 g/mol. The summed E-state index contributed by atoms with van der Waals surface area (Å²) >= 11 is 3.27. The van der Waals surface area contributed by atoms with Gasteiger partial charge in [0.2, 0.25) is 10.0 Å². The van der Waals surface area contributed by atoms with Crippen LogP contribution in [0.1, 0.15) is 19.8 Å². The van der Waals surface area contributed by atoms with Gasteiger partial charge >= 0.3 is 0 Å². The van der Waals surface area contributed by atoms with Crippen LogP contribution in [-0.2, 0) is 14.8 Å². The summed E-state index contributed by atoms with van der Waals surface area (Å²) in [5.74, 6) is 0. The second kappa shape index (κ2) is 7.89. The lowest BCUT2D eigenvalue weighted by Crippen LogP contribution is -2.25. The number of sulfonamides is 1. The van der Waals surface area contributed by atoms with E-state index in [1.807, 2.05) is 6.92 Å². The lowest BCUT2D eigenvalue weighted by molar-refractivity contribution is 0.133. The average molecular weight is 336 g/mol. The van der Waals surface area contributed by atoms with Gasteiger partial charge in [-0.2, -0.15) is 0 Å². The first-order valence-corrected chi connectivity index (χ1v) is 8.17. The normalized spacial score (nSPS) is 11.7. The summed E-state index contributed by atoms with van der Waals surface area (Å²) in [7, 11) is -3.40. The number of hydrogen-bond donors (Lipinski definition) is 1. The van der Waals surface area contributed by atoms with Crippen molar-refractivity contribution >= 4 is 26.0 Å². The fourth-order valence-electron chi connectivity index (χ4n) is 1.32. The van der Waals surface area contributed by atoms with Crippen LogP contribution < -0.4 is 4.72 Å². The molecule has 0 saturated heterocycles. The average Bonchev–Trinajstić information content (AvgIpc) is 2.34. The molecule has 0 heterocycles. The Hall–Kier alpha value is -0.430. The highest BCUT2D eigenvalue weighted by atomic mass is 79.9. The van der Waals surface area contributed by atoms with Gasteiger partial charge in [-0.3, -0.25) is 0 Å². The van der Waals surface area contributed by atoms with E-state index in [0.717, 1.165) is 17.5 Å². The summed E-state index contributed by atoms with van der Waals surface area (Å²) in [5, 5.41) is 0. The maximum Gasteiger partial charge on any atom is 0.240 e. The van der Waals surface area contributed by atoms with E-state index in [2.05, 4.69) is 20.7 Å². The number of benzene rings is 1. The second-order valence-corrected chi connectivity index (χ2v) is 6.50. The summed E-state index contributed by atoms with van der Waals surface area (Å²) < 4.78 is 32.4. The van der Waals surface area contributed by atoms with Crippen LogP contribution in [0.25, 0.3) is 0 Å². The molecule has 102 valence electrons. The Morgan fingerprint density at radius 3 is 2.50 bits per heavy atom. The molecule has 0 unspecified atom stereocenters. The predicted molar refractivity (Wildman–Crippen MR) is 75.1 cm³/mol. The molecule has 0 spiro atoms. The zero-order chi connectivity index (χ0) is 13.4. The molecule has 1 aromatic carbocycles. The Morgan fingerprint density at radius 2 is 1.89 bits per heavy atom. The number of nitrogens with one attached hydrogen (secondary N) is 1. The lowest BCUT2D eigenvalue weighted by atomic mass is 10.4. The molecule has 0 aliphatic carbocycles. The monoisotopic (exact) mass is 335 g/mol. The molecule has 1 N–H and O–H groups in total. The van der Waals surface area contributed by atoms with Gasteiger partial charge < -0.3 is 4.74 Å². The van der Waals surface area contributed by atoms with E-state index in [1.165, 1.54) is 0 Å². The standard InChI is InChI=1S/C12H18BrNO3S/c1-2-9-17-10-3-8-14-18(15,16)12-6-4-11(13)5-7-12/h4-7,14H,2-3,8-10H2,1H3. The lowest BCUT2D eigenvalue weighted by Gasteiger charge is -2.07. The maximum atomic E-state index is 11.9. The highest BCUT2D eigenvalue weighted by molar-refractivity contribution is 9.10. The maximum absolute atomic E-state index is 11.9. The van der Waals surface area contributed by atoms with Crippen molar-refractivity contribution in [1.29, 1.82) is 0 Å². The van der Waals surface area contributed by atoms with Crippen molar-refractivity contribution in [3.05, 3.63) is 28.7 Å². The fraction of sp³-hybridized carbons (Fsp3) is 0.500. The Kier molecular flexibility index (Phi) is 6.85. The SMILES string of the molecule is CCCOCCCNS(=O)(=O)c1ccc(Br)cc1. The summed E-state index contributed by atoms with van der Waals surface area (Å²) in [6.45, 7) is 3.73. The summed E-state index contributed by atoms with van der Waals surface area (Å²) in [5.41, 5.74) is 0. The van der Waals surface area contributed by atoms with Crippen LogP contribution in [0.4, 0.5) is 0 Å². The van der Waals surface area contributed by atoms with Crippen LogP contribution in [0.2, 0.25) is 0 Å². The third-order valence-electron chi connectivity index (χ3n) is 2.23. The van der Waals surface area contributed by atoms with Gasteiger partial charge in [0.05, 0.1) is 4.90 Å². The molecule has 0 saturated carbocycles.